The number of carboxylic acids is 1. The van der Waals surface area contributed by atoms with E-state index in [0.29, 0.717) is 5.75 Å². The molecule has 0 fully saturated rings. The van der Waals surface area contributed by atoms with Crippen molar-refractivity contribution in [3.8, 4) is 5.75 Å². The van der Waals surface area contributed by atoms with Gasteiger partial charge in [-0.05, 0) is 42.2 Å². The Morgan fingerprint density at radius 2 is 1.96 bits per heavy atom. The lowest BCUT2D eigenvalue weighted by molar-refractivity contribution is -0.137. The monoisotopic (exact) mass is 322 g/mol. The van der Waals surface area contributed by atoms with E-state index in [0.717, 1.165) is 35.1 Å². The van der Waals surface area contributed by atoms with E-state index in [-0.39, 0.29) is 18.8 Å². The third-order valence-electron chi connectivity index (χ3n) is 4.00. The highest BCUT2D eigenvalue weighted by atomic mass is 16.5. The molecule has 1 aliphatic carbocycles. The number of hydrogen-bond acceptors (Lipinski definition) is 3. The Labute approximate surface area is 140 Å². The van der Waals surface area contributed by atoms with Crippen molar-refractivity contribution in [2.24, 2.45) is 0 Å². The van der Waals surface area contributed by atoms with E-state index in [4.69, 9.17) is 9.84 Å². The smallest absolute Gasteiger partial charge is 0.306 e. The minimum atomic E-state index is -0.889. The molecule has 0 amide bonds. The van der Waals surface area contributed by atoms with Gasteiger partial charge in [-0.1, -0.05) is 36.4 Å². The van der Waals surface area contributed by atoms with E-state index in [1.54, 1.807) is 6.07 Å². The predicted octanol–water partition coefficient (Wildman–Crippen LogP) is 3.75. The van der Waals surface area contributed by atoms with E-state index < -0.39 is 5.97 Å². The lowest BCUT2D eigenvalue weighted by Gasteiger charge is -2.17. The second-order valence-corrected chi connectivity index (χ2v) is 5.72. The van der Waals surface area contributed by atoms with Gasteiger partial charge in [-0.25, -0.2) is 0 Å². The van der Waals surface area contributed by atoms with Crippen molar-refractivity contribution in [1.82, 2.24) is 0 Å². The van der Waals surface area contributed by atoms with Gasteiger partial charge in [0.1, 0.15) is 5.75 Å². The first-order chi connectivity index (χ1) is 11.6. The molecule has 0 aliphatic heterocycles. The number of aliphatic carboxylic acids is 1. The SMILES string of the molecule is O=C(O)CCOc1cccc(/C=C2\CCc3ccccc3C2=O)c1. The average molecular weight is 322 g/mol. The minimum Gasteiger partial charge on any atom is -0.493 e. The van der Waals surface area contributed by atoms with E-state index in [1.165, 1.54) is 0 Å². The van der Waals surface area contributed by atoms with E-state index >= 15 is 0 Å². The van der Waals surface area contributed by atoms with Gasteiger partial charge in [0.2, 0.25) is 0 Å². The normalized spacial score (nSPS) is 15.2. The van der Waals surface area contributed by atoms with Gasteiger partial charge in [-0.2, -0.15) is 0 Å². The van der Waals surface area contributed by atoms with Crippen LogP contribution in [0.2, 0.25) is 0 Å². The van der Waals surface area contributed by atoms with Crippen molar-refractivity contribution >= 4 is 17.8 Å². The first kappa shape index (κ1) is 16.0. The lowest BCUT2D eigenvalue weighted by Crippen LogP contribution is -2.13. The maximum Gasteiger partial charge on any atom is 0.306 e. The van der Waals surface area contributed by atoms with Gasteiger partial charge in [-0.15, -0.1) is 0 Å². The predicted molar refractivity (Wildman–Crippen MR) is 91.3 cm³/mol. The molecule has 0 bridgehead atoms. The van der Waals surface area contributed by atoms with Crippen molar-refractivity contribution in [3.05, 3.63) is 70.8 Å². The van der Waals surface area contributed by atoms with Gasteiger partial charge in [0, 0.05) is 11.1 Å². The molecule has 0 aromatic heterocycles. The number of fused-ring (bicyclic) bond motifs is 1. The number of rotatable bonds is 5. The summed E-state index contributed by atoms with van der Waals surface area (Å²) in [5.41, 5.74) is 3.55. The summed E-state index contributed by atoms with van der Waals surface area (Å²) >= 11 is 0. The Morgan fingerprint density at radius 1 is 1.12 bits per heavy atom. The van der Waals surface area contributed by atoms with Crippen molar-refractivity contribution < 1.29 is 19.4 Å². The lowest BCUT2D eigenvalue weighted by atomic mass is 9.86. The molecule has 0 spiro atoms. The maximum atomic E-state index is 12.6. The minimum absolute atomic E-state index is 0.0411. The molecule has 2 aromatic carbocycles. The number of carboxylic acid groups (broad SMARTS) is 1. The van der Waals surface area contributed by atoms with Crippen LogP contribution in [0.15, 0.2) is 54.1 Å². The van der Waals surface area contributed by atoms with Gasteiger partial charge in [0.25, 0.3) is 0 Å². The number of carbonyl (C=O) groups is 2. The molecular weight excluding hydrogens is 304 g/mol. The van der Waals surface area contributed by atoms with Crippen LogP contribution in [0.1, 0.15) is 34.3 Å². The van der Waals surface area contributed by atoms with Crippen LogP contribution < -0.4 is 4.74 Å². The van der Waals surface area contributed by atoms with E-state index in [2.05, 4.69) is 0 Å². The van der Waals surface area contributed by atoms with Crippen LogP contribution in [-0.4, -0.2) is 23.5 Å². The number of aryl methyl sites for hydroxylation is 1. The molecule has 4 nitrogen and oxygen atoms in total. The third kappa shape index (κ3) is 3.71. The number of Topliss-reactive ketones (excluding diaryl/α,β-unsaturated/α-hetero) is 1. The molecule has 0 unspecified atom stereocenters. The Bertz CT molecular complexity index is 805. The molecule has 0 saturated heterocycles. The highest BCUT2D eigenvalue weighted by Crippen LogP contribution is 2.27. The highest BCUT2D eigenvalue weighted by molar-refractivity contribution is 6.13. The van der Waals surface area contributed by atoms with E-state index in [1.807, 2.05) is 48.5 Å². The fourth-order valence-electron chi connectivity index (χ4n) is 2.80. The standard InChI is InChI=1S/C20H18O4/c21-19(22)10-11-24-17-6-3-4-14(13-17)12-16-9-8-15-5-1-2-7-18(15)20(16)23/h1-7,12-13H,8-11H2,(H,21,22)/b16-12+. The van der Waals surface area contributed by atoms with Gasteiger partial charge in [-0.3, -0.25) is 9.59 Å². The molecular formula is C20H18O4. The van der Waals surface area contributed by atoms with Crippen LogP contribution in [0.3, 0.4) is 0 Å². The molecule has 2 aromatic rings. The van der Waals surface area contributed by atoms with Crippen LogP contribution in [-0.2, 0) is 11.2 Å². The van der Waals surface area contributed by atoms with Crippen LogP contribution >= 0.6 is 0 Å². The molecule has 0 saturated carbocycles. The number of benzene rings is 2. The fraction of sp³-hybridized carbons (Fsp3) is 0.200. The number of carbonyl (C=O) groups excluding carboxylic acids is 1. The third-order valence-corrected chi connectivity index (χ3v) is 4.00. The van der Waals surface area contributed by atoms with Gasteiger partial charge in [0.05, 0.1) is 13.0 Å². The maximum absolute atomic E-state index is 12.6. The average Bonchev–Trinajstić information content (AvgIpc) is 2.58. The summed E-state index contributed by atoms with van der Waals surface area (Å²) in [6.07, 6.45) is 3.44. The first-order valence-electron chi connectivity index (χ1n) is 7.91. The Morgan fingerprint density at radius 3 is 2.79 bits per heavy atom. The molecule has 4 heteroatoms. The quantitative estimate of drug-likeness (QED) is 0.852. The zero-order valence-corrected chi connectivity index (χ0v) is 13.2. The Balaban J connectivity index is 1.77. The Hall–Kier alpha value is -2.88. The molecule has 24 heavy (non-hydrogen) atoms. The zero-order chi connectivity index (χ0) is 16.9. The van der Waals surface area contributed by atoms with Gasteiger partial charge < -0.3 is 9.84 Å². The number of ether oxygens (including phenoxy) is 1. The van der Waals surface area contributed by atoms with Gasteiger partial charge >= 0.3 is 5.97 Å². The van der Waals surface area contributed by atoms with Crippen LogP contribution in [0.4, 0.5) is 0 Å². The number of hydrogen-bond donors (Lipinski definition) is 1. The van der Waals surface area contributed by atoms with Gasteiger partial charge in [0.15, 0.2) is 5.78 Å². The van der Waals surface area contributed by atoms with Crippen LogP contribution in [0, 0.1) is 0 Å². The summed E-state index contributed by atoms with van der Waals surface area (Å²) in [5, 5.41) is 8.64. The molecule has 122 valence electrons. The summed E-state index contributed by atoms with van der Waals surface area (Å²) in [5.74, 6) is -0.206. The van der Waals surface area contributed by atoms with E-state index in [9.17, 15) is 9.59 Å². The zero-order valence-electron chi connectivity index (χ0n) is 13.2. The summed E-state index contributed by atoms with van der Waals surface area (Å²) < 4.78 is 5.43. The van der Waals surface area contributed by atoms with Crippen LogP contribution in [0.25, 0.3) is 6.08 Å². The molecule has 1 N–H and O–H groups in total. The van der Waals surface area contributed by atoms with Crippen molar-refractivity contribution in [2.75, 3.05) is 6.61 Å². The molecule has 3 rings (SSSR count). The second-order valence-electron chi connectivity index (χ2n) is 5.72. The summed E-state index contributed by atoms with van der Waals surface area (Å²) in [7, 11) is 0. The van der Waals surface area contributed by atoms with Crippen molar-refractivity contribution in [2.45, 2.75) is 19.3 Å². The summed E-state index contributed by atoms with van der Waals surface area (Å²) in [6.45, 7) is 0.127. The topological polar surface area (TPSA) is 63.6 Å². The van der Waals surface area contributed by atoms with Crippen LogP contribution in [0.5, 0.6) is 5.75 Å². The largest absolute Gasteiger partial charge is 0.493 e. The molecule has 0 radical (unpaired) electrons. The molecule has 1 aliphatic rings. The number of allylic oxidation sites excluding steroid dienone is 1. The van der Waals surface area contributed by atoms with Crippen molar-refractivity contribution in [3.63, 3.8) is 0 Å². The summed E-state index contributed by atoms with van der Waals surface area (Å²) in [6, 6.07) is 15.1. The Kier molecular flexibility index (Phi) is 4.75. The fourth-order valence-corrected chi connectivity index (χ4v) is 2.80. The molecule has 0 heterocycles. The number of ketones is 1. The molecule has 0 atom stereocenters. The summed E-state index contributed by atoms with van der Waals surface area (Å²) in [4.78, 5) is 23.1. The highest BCUT2D eigenvalue weighted by Gasteiger charge is 2.21. The first-order valence-corrected chi connectivity index (χ1v) is 7.91. The van der Waals surface area contributed by atoms with Crippen molar-refractivity contribution in [1.29, 1.82) is 0 Å². The second kappa shape index (κ2) is 7.13.